The first kappa shape index (κ1) is 12.9. The van der Waals surface area contributed by atoms with E-state index in [1.165, 1.54) is 6.07 Å². The van der Waals surface area contributed by atoms with E-state index in [0.717, 1.165) is 12.1 Å². The van der Waals surface area contributed by atoms with Gasteiger partial charge in [-0.2, -0.15) is 0 Å². The Morgan fingerprint density at radius 3 is 2.38 bits per heavy atom. The van der Waals surface area contributed by atoms with E-state index in [9.17, 15) is 8.78 Å². The molecule has 3 nitrogen and oxygen atoms in total. The Bertz CT molecular complexity index is 334. The van der Waals surface area contributed by atoms with Crippen molar-refractivity contribution in [2.75, 3.05) is 20.3 Å². The molecule has 0 heterocycles. The fourth-order valence-corrected chi connectivity index (χ4v) is 1.05. The molecule has 0 saturated heterocycles. The van der Waals surface area contributed by atoms with E-state index in [0.29, 0.717) is 0 Å². The number of nitrogens with one attached hydrogen (secondary N) is 1. The van der Waals surface area contributed by atoms with Crippen molar-refractivity contribution in [3.8, 4) is 5.75 Å². The lowest BCUT2D eigenvalue weighted by molar-refractivity contribution is 0.117. The highest BCUT2D eigenvalue weighted by atomic mass is 19.1. The van der Waals surface area contributed by atoms with Crippen LogP contribution in [0.2, 0.25) is 0 Å². The summed E-state index contributed by atoms with van der Waals surface area (Å²) < 4.78 is 31.4. The monoisotopic (exact) mass is 231 g/mol. The van der Waals surface area contributed by atoms with Crippen LogP contribution >= 0.6 is 0 Å². The van der Waals surface area contributed by atoms with Crippen LogP contribution in [0.15, 0.2) is 18.2 Å². The zero-order valence-electron chi connectivity index (χ0n) is 9.26. The first-order valence-electron chi connectivity index (χ1n) is 4.89. The van der Waals surface area contributed by atoms with Gasteiger partial charge in [0.25, 0.3) is 0 Å². The third-order valence-electron chi connectivity index (χ3n) is 2.41. The zero-order valence-corrected chi connectivity index (χ0v) is 9.26. The van der Waals surface area contributed by atoms with E-state index >= 15 is 0 Å². The van der Waals surface area contributed by atoms with Crippen LogP contribution in [0.5, 0.6) is 5.75 Å². The lowest BCUT2D eigenvalue weighted by Crippen LogP contribution is -2.48. The molecular formula is C11H15F2NO2. The van der Waals surface area contributed by atoms with Gasteiger partial charge in [0.1, 0.15) is 6.61 Å². The molecule has 0 aliphatic heterocycles. The lowest BCUT2D eigenvalue weighted by atomic mass is 10.1. The van der Waals surface area contributed by atoms with E-state index in [4.69, 9.17) is 9.84 Å². The van der Waals surface area contributed by atoms with Crippen molar-refractivity contribution < 1.29 is 18.6 Å². The van der Waals surface area contributed by atoms with E-state index in [2.05, 4.69) is 5.32 Å². The molecule has 0 saturated carbocycles. The van der Waals surface area contributed by atoms with Crippen molar-refractivity contribution in [2.24, 2.45) is 0 Å². The van der Waals surface area contributed by atoms with Gasteiger partial charge in [-0.05, 0) is 26.1 Å². The minimum atomic E-state index is -0.753. The van der Waals surface area contributed by atoms with E-state index in [1.54, 1.807) is 14.0 Å². The van der Waals surface area contributed by atoms with Gasteiger partial charge in [-0.25, -0.2) is 8.78 Å². The van der Waals surface area contributed by atoms with Crippen molar-refractivity contribution in [1.29, 1.82) is 0 Å². The normalized spacial score (nSPS) is 14.6. The van der Waals surface area contributed by atoms with Gasteiger partial charge in [0.2, 0.25) is 0 Å². The van der Waals surface area contributed by atoms with Crippen LogP contribution in [-0.2, 0) is 0 Å². The summed E-state index contributed by atoms with van der Waals surface area (Å²) in [7, 11) is 1.64. The van der Waals surface area contributed by atoms with Crippen molar-refractivity contribution in [3.63, 3.8) is 0 Å². The molecule has 0 amide bonds. The smallest absolute Gasteiger partial charge is 0.190 e. The molecule has 0 radical (unpaired) electrons. The highest BCUT2D eigenvalue weighted by Crippen LogP contribution is 2.21. The third kappa shape index (κ3) is 2.90. The predicted octanol–water partition coefficient (Wildman–Crippen LogP) is 1.31. The average Bonchev–Trinajstić information content (AvgIpc) is 2.28. The molecule has 0 aliphatic carbocycles. The Labute approximate surface area is 93.0 Å². The summed E-state index contributed by atoms with van der Waals surface area (Å²) in [5, 5.41) is 11.9. The summed E-state index contributed by atoms with van der Waals surface area (Å²) in [4.78, 5) is 0. The minimum absolute atomic E-state index is 0.0299. The number of benzene rings is 1. The van der Waals surface area contributed by atoms with Crippen molar-refractivity contribution in [1.82, 2.24) is 5.32 Å². The van der Waals surface area contributed by atoms with Gasteiger partial charge in [-0.15, -0.1) is 0 Å². The molecule has 0 aromatic heterocycles. The molecule has 0 aliphatic rings. The first-order valence-corrected chi connectivity index (χ1v) is 4.89. The molecule has 90 valence electrons. The summed E-state index contributed by atoms with van der Waals surface area (Å²) in [6.45, 7) is 1.46. The average molecular weight is 231 g/mol. The predicted molar refractivity (Wildman–Crippen MR) is 56.4 cm³/mol. The molecule has 1 aromatic rings. The molecule has 0 spiro atoms. The number of aliphatic hydroxyl groups excluding tert-OH is 1. The highest BCUT2D eigenvalue weighted by molar-refractivity contribution is 5.26. The standard InChI is InChI=1S/C11H15F2NO2/c1-11(6-15,14-2)7-16-10-8(12)4-3-5-9(10)13/h3-5,14-15H,6-7H2,1-2H3. The van der Waals surface area contributed by atoms with Crippen molar-refractivity contribution in [2.45, 2.75) is 12.5 Å². The van der Waals surface area contributed by atoms with E-state index < -0.39 is 22.9 Å². The number of rotatable bonds is 5. The number of halogens is 2. The molecule has 5 heteroatoms. The highest BCUT2D eigenvalue weighted by Gasteiger charge is 2.23. The van der Waals surface area contributed by atoms with Gasteiger partial charge in [-0.3, -0.25) is 0 Å². The maximum atomic E-state index is 13.2. The summed E-state index contributed by atoms with van der Waals surface area (Å²) >= 11 is 0. The summed E-state index contributed by atoms with van der Waals surface area (Å²) in [5.41, 5.74) is -0.727. The second kappa shape index (κ2) is 5.23. The summed E-state index contributed by atoms with van der Waals surface area (Å²) in [6.07, 6.45) is 0. The van der Waals surface area contributed by atoms with Crippen LogP contribution in [0.3, 0.4) is 0 Å². The van der Waals surface area contributed by atoms with Crippen LogP contribution in [0.25, 0.3) is 0 Å². The summed E-state index contributed by atoms with van der Waals surface area (Å²) in [6, 6.07) is 3.50. The maximum absolute atomic E-state index is 13.2. The Balaban J connectivity index is 2.75. The molecule has 1 atom stereocenters. The number of aliphatic hydroxyl groups is 1. The third-order valence-corrected chi connectivity index (χ3v) is 2.41. The molecular weight excluding hydrogens is 216 g/mol. The van der Waals surface area contributed by atoms with Gasteiger partial charge in [0.15, 0.2) is 17.4 Å². The first-order chi connectivity index (χ1) is 7.52. The quantitative estimate of drug-likeness (QED) is 0.803. The summed E-state index contributed by atoms with van der Waals surface area (Å²) in [5.74, 6) is -1.93. The van der Waals surface area contributed by atoms with E-state index in [1.807, 2.05) is 0 Å². The van der Waals surface area contributed by atoms with Crippen molar-refractivity contribution >= 4 is 0 Å². The number of para-hydroxylation sites is 1. The van der Waals surface area contributed by atoms with Gasteiger partial charge in [0, 0.05) is 0 Å². The van der Waals surface area contributed by atoms with Crippen LogP contribution in [0.4, 0.5) is 8.78 Å². The molecule has 1 aromatic carbocycles. The number of hydrogen-bond acceptors (Lipinski definition) is 3. The molecule has 1 unspecified atom stereocenters. The number of likely N-dealkylation sites (N-methyl/N-ethyl adjacent to an activating group) is 1. The Hall–Kier alpha value is -1.20. The van der Waals surface area contributed by atoms with Crippen LogP contribution in [0, 0.1) is 11.6 Å². The molecule has 2 N–H and O–H groups in total. The largest absolute Gasteiger partial charge is 0.486 e. The molecule has 16 heavy (non-hydrogen) atoms. The number of ether oxygens (including phenoxy) is 1. The van der Waals surface area contributed by atoms with Crippen LogP contribution < -0.4 is 10.1 Å². The van der Waals surface area contributed by atoms with Crippen LogP contribution in [-0.4, -0.2) is 30.9 Å². The Kier molecular flexibility index (Phi) is 4.20. The topological polar surface area (TPSA) is 41.5 Å². The fourth-order valence-electron chi connectivity index (χ4n) is 1.05. The molecule has 1 rings (SSSR count). The lowest BCUT2D eigenvalue weighted by Gasteiger charge is -2.26. The Morgan fingerprint density at radius 2 is 1.94 bits per heavy atom. The fraction of sp³-hybridized carbons (Fsp3) is 0.455. The minimum Gasteiger partial charge on any atom is -0.486 e. The maximum Gasteiger partial charge on any atom is 0.190 e. The second-order valence-electron chi connectivity index (χ2n) is 3.81. The van der Waals surface area contributed by atoms with E-state index in [-0.39, 0.29) is 13.2 Å². The number of hydrogen-bond donors (Lipinski definition) is 2. The second-order valence-corrected chi connectivity index (χ2v) is 3.81. The van der Waals surface area contributed by atoms with Gasteiger partial charge < -0.3 is 15.2 Å². The Morgan fingerprint density at radius 1 is 1.38 bits per heavy atom. The molecule has 0 fully saturated rings. The zero-order chi connectivity index (χ0) is 12.2. The van der Waals surface area contributed by atoms with Gasteiger partial charge in [0.05, 0.1) is 12.1 Å². The van der Waals surface area contributed by atoms with Crippen LogP contribution in [0.1, 0.15) is 6.92 Å². The van der Waals surface area contributed by atoms with Crippen molar-refractivity contribution in [3.05, 3.63) is 29.8 Å². The SMILES string of the molecule is CNC(C)(CO)COc1c(F)cccc1F. The van der Waals surface area contributed by atoms with Gasteiger partial charge >= 0.3 is 0 Å². The van der Waals surface area contributed by atoms with Gasteiger partial charge in [-0.1, -0.05) is 6.07 Å². The molecule has 0 bridgehead atoms.